The molecule has 19 heavy (non-hydrogen) atoms. The summed E-state index contributed by atoms with van der Waals surface area (Å²) in [5.74, 6) is 1.65. The van der Waals surface area contributed by atoms with E-state index >= 15 is 0 Å². The van der Waals surface area contributed by atoms with Gasteiger partial charge in [0.25, 0.3) is 0 Å². The van der Waals surface area contributed by atoms with Crippen LogP contribution in [-0.2, 0) is 13.6 Å². The number of benzene rings is 1. The Balaban J connectivity index is 1.63. The van der Waals surface area contributed by atoms with Crippen LogP contribution in [0, 0.1) is 0 Å². The largest absolute Gasteiger partial charge is 0.454 e. The number of hydrogen-bond acceptors (Lipinski definition) is 4. The van der Waals surface area contributed by atoms with E-state index in [2.05, 4.69) is 23.4 Å². The molecule has 1 unspecified atom stereocenters. The quantitative estimate of drug-likeness (QED) is 0.912. The van der Waals surface area contributed by atoms with Gasteiger partial charge >= 0.3 is 0 Å². The van der Waals surface area contributed by atoms with Crippen molar-refractivity contribution in [3.8, 4) is 11.5 Å². The topological polar surface area (TPSA) is 48.3 Å². The standard InChI is InChI=1S/C14H17N3O2/c1-10(12-7-16-17(2)8-12)15-6-11-3-4-13-14(5-11)19-9-18-13/h3-5,7-8,10,15H,6,9H2,1-2H3. The van der Waals surface area contributed by atoms with Gasteiger partial charge in [0.1, 0.15) is 0 Å². The van der Waals surface area contributed by atoms with E-state index in [1.807, 2.05) is 36.3 Å². The van der Waals surface area contributed by atoms with E-state index in [1.54, 1.807) is 0 Å². The average molecular weight is 259 g/mol. The van der Waals surface area contributed by atoms with Crippen LogP contribution >= 0.6 is 0 Å². The van der Waals surface area contributed by atoms with Gasteiger partial charge in [-0.2, -0.15) is 5.10 Å². The van der Waals surface area contributed by atoms with Crippen molar-refractivity contribution < 1.29 is 9.47 Å². The summed E-state index contributed by atoms with van der Waals surface area (Å²) in [6.07, 6.45) is 3.91. The second-order valence-electron chi connectivity index (χ2n) is 4.74. The molecule has 0 saturated heterocycles. The number of nitrogens with one attached hydrogen (secondary N) is 1. The lowest BCUT2D eigenvalue weighted by molar-refractivity contribution is 0.174. The van der Waals surface area contributed by atoms with E-state index in [-0.39, 0.29) is 6.04 Å². The Morgan fingerprint density at radius 3 is 3.00 bits per heavy atom. The van der Waals surface area contributed by atoms with Crippen LogP contribution in [0.2, 0.25) is 0 Å². The van der Waals surface area contributed by atoms with Gasteiger partial charge < -0.3 is 14.8 Å². The molecule has 2 aromatic rings. The van der Waals surface area contributed by atoms with Crippen molar-refractivity contribution >= 4 is 0 Å². The van der Waals surface area contributed by atoms with Crippen LogP contribution in [0.1, 0.15) is 24.1 Å². The van der Waals surface area contributed by atoms with Gasteiger partial charge in [0.05, 0.1) is 6.20 Å². The van der Waals surface area contributed by atoms with E-state index < -0.39 is 0 Å². The molecular weight excluding hydrogens is 242 g/mol. The predicted octanol–water partition coefficient (Wildman–Crippen LogP) is 2.00. The third-order valence-electron chi connectivity index (χ3n) is 3.27. The fourth-order valence-electron chi connectivity index (χ4n) is 2.10. The smallest absolute Gasteiger partial charge is 0.231 e. The Hall–Kier alpha value is -2.01. The molecule has 0 fully saturated rings. The Kier molecular flexibility index (Phi) is 3.13. The summed E-state index contributed by atoms with van der Waals surface area (Å²) >= 11 is 0. The third-order valence-corrected chi connectivity index (χ3v) is 3.27. The van der Waals surface area contributed by atoms with Crippen molar-refractivity contribution in [1.82, 2.24) is 15.1 Å². The second-order valence-corrected chi connectivity index (χ2v) is 4.74. The highest BCUT2D eigenvalue weighted by Crippen LogP contribution is 2.32. The van der Waals surface area contributed by atoms with Gasteiger partial charge in [0.15, 0.2) is 11.5 Å². The van der Waals surface area contributed by atoms with Crippen molar-refractivity contribution in [2.24, 2.45) is 7.05 Å². The summed E-state index contributed by atoms with van der Waals surface area (Å²) in [5, 5.41) is 7.65. The number of aryl methyl sites for hydroxylation is 1. The molecule has 0 saturated carbocycles. The molecular formula is C14H17N3O2. The Morgan fingerprint density at radius 1 is 1.37 bits per heavy atom. The SMILES string of the molecule is CC(NCc1ccc2c(c1)OCO2)c1cnn(C)c1. The second kappa shape index (κ2) is 4.93. The molecule has 1 aliphatic heterocycles. The normalized spacial score (nSPS) is 14.6. The maximum Gasteiger partial charge on any atom is 0.231 e. The number of aromatic nitrogens is 2. The molecule has 0 bridgehead atoms. The molecule has 5 nitrogen and oxygen atoms in total. The first-order valence-corrected chi connectivity index (χ1v) is 6.33. The van der Waals surface area contributed by atoms with Gasteiger partial charge in [-0.25, -0.2) is 0 Å². The maximum atomic E-state index is 5.37. The number of nitrogens with zero attached hydrogens (tertiary/aromatic N) is 2. The minimum absolute atomic E-state index is 0.263. The number of rotatable bonds is 4. The summed E-state index contributed by atoms with van der Waals surface area (Å²) in [6, 6.07) is 6.29. The minimum Gasteiger partial charge on any atom is -0.454 e. The lowest BCUT2D eigenvalue weighted by Gasteiger charge is -2.12. The first kappa shape index (κ1) is 12.0. The van der Waals surface area contributed by atoms with E-state index in [4.69, 9.17) is 9.47 Å². The van der Waals surface area contributed by atoms with E-state index in [0.717, 1.165) is 18.0 Å². The van der Waals surface area contributed by atoms with E-state index in [1.165, 1.54) is 11.1 Å². The Bertz CT molecular complexity index is 580. The molecule has 1 aromatic heterocycles. The van der Waals surface area contributed by atoms with Crippen molar-refractivity contribution in [3.05, 3.63) is 41.7 Å². The van der Waals surface area contributed by atoms with Crippen molar-refractivity contribution in [3.63, 3.8) is 0 Å². The monoisotopic (exact) mass is 259 g/mol. The van der Waals surface area contributed by atoms with Gasteiger partial charge in [-0.05, 0) is 24.6 Å². The summed E-state index contributed by atoms with van der Waals surface area (Å²) in [4.78, 5) is 0. The van der Waals surface area contributed by atoms with Gasteiger partial charge in [-0.15, -0.1) is 0 Å². The zero-order valence-electron chi connectivity index (χ0n) is 11.1. The lowest BCUT2D eigenvalue weighted by atomic mass is 10.1. The van der Waals surface area contributed by atoms with Gasteiger partial charge in [-0.1, -0.05) is 6.07 Å². The fourth-order valence-corrected chi connectivity index (χ4v) is 2.10. The van der Waals surface area contributed by atoms with E-state index in [0.29, 0.717) is 6.79 Å². The minimum atomic E-state index is 0.263. The summed E-state index contributed by atoms with van der Waals surface area (Å²) < 4.78 is 12.5. The highest BCUT2D eigenvalue weighted by molar-refractivity contribution is 5.44. The van der Waals surface area contributed by atoms with Gasteiger partial charge in [-0.3, -0.25) is 4.68 Å². The first-order valence-electron chi connectivity index (χ1n) is 6.33. The molecule has 1 aliphatic rings. The van der Waals surface area contributed by atoms with Crippen LogP contribution in [0.4, 0.5) is 0 Å². The summed E-state index contributed by atoms with van der Waals surface area (Å²) in [7, 11) is 1.92. The molecule has 2 heterocycles. The Labute approximate surface area is 112 Å². The molecule has 1 aromatic carbocycles. The van der Waals surface area contributed by atoms with Crippen LogP contribution in [0.25, 0.3) is 0 Å². The van der Waals surface area contributed by atoms with E-state index in [9.17, 15) is 0 Å². The third kappa shape index (κ3) is 2.56. The highest BCUT2D eigenvalue weighted by Gasteiger charge is 2.13. The van der Waals surface area contributed by atoms with Crippen LogP contribution in [0.5, 0.6) is 11.5 Å². The number of hydrogen-bond donors (Lipinski definition) is 1. The van der Waals surface area contributed by atoms with Crippen LogP contribution in [0.15, 0.2) is 30.6 Å². The molecule has 100 valence electrons. The van der Waals surface area contributed by atoms with Crippen molar-refractivity contribution in [2.75, 3.05) is 6.79 Å². The van der Waals surface area contributed by atoms with Gasteiger partial charge in [0.2, 0.25) is 6.79 Å². The molecule has 0 aliphatic carbocycles. The molecule has 1 N–H and O–H groups in total. The Morgan fingerprint density at radius 2 is 2.21 bits per heavy atom. The number of fused-ring (bicyclic) bond motifs is 1. The van der Waals surface area contributed by atoms with Crippen molar-refractivity contribution in [2.45, 2.75) is 19.5 Å². The first-order chi connectivity index (χ1) is 9.22. The van der Waals surface area contributed by atoms with Crippen LogP contribution < -0.4 is 14.8 Å². The molecule has 5 heteroatoms. The molecule has 3 rings (SSSR count). The fraction of sp³-hybridized carbons (Fsp3) is 0.357. The van der Waals surface area contributed by atoms with Crippen LogP contribution in [-0.4, -0.2) is 16.6 Å². The summed E-state index contributed by atoms with van der Waals surface area (Å²) in [5.41, 5.74) is 2.36. The molecule has 0 radical (unpaired) electrons. The van der Waals surface area contributed by atoms with Crippen LogP contribution in [0.3, 0.4) is 0 Å². The maximum absolute atomic E-state index is 5.37. The summed E-state index contributed by atoms with van der Waals surface area (Å²) in [6.45, 7) is 3.23. The highest BCUT2D eigenvalue weighted by atomic mass is 16.7. The average Bonchev–Trinajstić information content (AvgIpc) is 3.03. The number of ether oxygens (including phenoxy) is 2. The van der Waals surface area contributed by atoms with Crippen molar-refractivity contribution in [1.29, 1.82) is 0 Å². The zero-order chi connectivity index (χ0) is 13.2. The molecule has 0 amide bonds. The lowest BCUT2D eigenvalue weighted by Crippen LogP contribution is -2.17. The van der Waals surface area contributed by atoms with Gasteiger partial charge in [0, 0.05) is 31.4 Å². The zero-order valence-corrected chi connectivity index (χ0v) is 11.1. The predicted molar refractivity (Wildman–Crippen MR) is 71.0 cm³/mol. The molecule has 0 spiro atoms. The molecule has 1 atom stereocenters.